The maximum absolute atomic E-state index is 12.2. The zero-order chi connectivity index (χ0) is 22.6. The Labute approximate surface area is 183 Å². The number of Topliss-reactive ketones (excluding diaryl/α,β-unsaturated/α-hetero) is 2. The smallest absolute Gasteiger partial charge is 0.161 e. The Morgan fingerprint density at radius 1 is 0.774 bits per heavy atom. The van der Waals surface area contributed by atoms with Crippen LogP contribution in [0.2, 0.25) is 0 Å². The lowest BCUT2D eigenvalue weighted by Gasteiger charge is -2.10. The van der Waals surface area contributed by atoms with Gasteiger partial charge in [0.05, 0.1) is 13.2 Å². The van der Waals surface area contributed by atoms with Gasteiger partial charge < -0.3 is 19.7 Å². The molecule has 2 aromatic carbocycles. The SMILES string of the molecule is CCOc1cc(CCC(=O)CCCOc2cc(CCC(=O)CC)ccc2O)ccc1O. The van der Waals surface area contributed by atoms with Crippen molar-refractivity contribution in [2.45, 2.75) is 58.8 Å². The Balaban J connectivity index is 1.74. The van der Waals surface area contributed by atoms with Crippen molar-refractivity contribution in [1.29, 1.82) is 0 Å². The van der Waals surface area contributed by atoms with Gasteiger partial charge in [-0.15, -0.1) is 0 Å². The molecule has 0 heterocycles. The van der Waals surface area contributed by atoms with Gasteiger partial charge in [0.1, 0.15) is 11.6 Å². The van der Waals surface area contributed by atoms with Crippen LogP contribution in [0.3, 0.4) is 0 Å². The molecule has 0 aliphatic carbocycles. The molecular formula is C25H32O6. The quantitative estimate of drug-likeness (QED) is 0.421. The molecule has 0 aliphatic heterocycles. The van der Waals surface area contributed by atoms with Crippen molar-refractivity contribution in [3.05, 3.63) is 47.5 Å². The first-order chi connectivity index (χ1) is 14.9. The van der Waals surface area contributed by atoms with Gasteiger partial charge in [0, 0.05) is 25.7 Å². The first kappa shape index (κ1) is 24.3. The van der Waals surface area contributed by atoms with E-state index in [1.165, 1.54) is 0 Å². The number of aromatic hydroxyl groups is 2. The summed E-state index contributed by atoms with van der Waals surface area (Å²) in [5.41, 5.74) is 1.88. The molecule has 0 aliphatic rings. The van der Waals surface area contributed by atoms with Crippen molar-refractivity contribution in [2.75, 3.05) is 13.2 Å². The second-order valence-corrected chi connectivity index (χ2v) is 7.42. The molecular weight excluding hydrogens is 396 g/mol. The highest BCUT2D eigenvalue weighted by Gasteiger charge is 2.09. The standard InChI is InChI=1S/C25H32O6/c1-3-20(26)11-7-18-10-14-23(29)25(17-18)31-15-5-6-21(27)12-8-19-9-13-22(28)24(16-19)30-4-2/h9-10,13-14,16-17,28-29H,3-8,11-12,15H2,1-2H3. The van der Waals surface area contributed by atoms with Crippen LogP contribution in [0.15, 0.2) is 36.4 Å². The van der Waals surface area contributed by atoms with Crippen LogP contribution in [0, 0.1) is 0 Å². The molecule has 0 saturated carbocycles. The molecule has 0 radical (unpaired) electrons. The van der Waals surface area contributed by atoms with E-state index in [1.807, 2.05) is 13.8 Å². The molecule has 0 spiro atoms. The van der Waals surface area contributed by atoms with E-state index in [0.717, 1.165) is 11.1 Å². The minimum Gasteiger partial charge on any atom is -0.504 e. The van der Waals surface area contributed by atoms with Crippen LogP contribution in [0.5, 0.6) is 23.0 Å². The summed E-state index contributed by atoms with van der Waals surface area (Å²) in [6.07, 6.45) is 3.54. The minimum atomic E-state index is 0.0503. The number of rotatable bonds is 14. The number of carbonyl (C=O) groups is 2. The predicted molar refractivity (Wildman–Crippen MR) is 119 cm³/mol. The van der Waals surface area contributed by atoms with Crippen molar-refractivity contribution < 1.29 is 29.3 Å². The largest absolute Gasteiger partial charge is 0.504 e. The van der Waals surface area contributed by atoms with Gasteiger partial charge in [0.15, 0.2) is 23.0 Å². The van der Waals surface area contributed by atoms with Crippen LogP contribution in [0.4, 0.5) is 0 Å². The summed E-state index contributed by atoms with van der Waals surface area (Å²) >= 11 is 0. The van der Waals surface area contributed by atoms with Crippen molar-refractivity contribution in [2.24, 2.45) is 0 Å². The van der Waals surface area contributed by atoms with Crippen LogP contribution in [-0.4, -0.2) is 35.0 Å². The number of phenols is 2. The third-order valence-electron chi connectivity index (χ3n) is 4.99. The van der Waals surface area contributed by atoms with E-state index < -0.39 is 0 Å². The van der Waals surface area contributed by atoms with E-state index in [9.17, 15) is 19.8 Å². The molecule has 168 valence electrons. The zero-order valence-corrected chi connectivity index (χ0v) is 18.4. The first-order valence-corrected chi connectivity index (χ1v) is 10.9. The normalized spacial score (nSPS) is 10.6. The molecule has 2 aromatic rings. The summed E-state index contributed by atoms with van der Waals surface area (Å²) in [5.74, 6) is 1.29. The summed E-state index contributed by atoms with van der Waals surface area (Å²) in [6, 6.07) is 10.2. The molecule has 0 aromatic heterocycles. The van der Waals surface area contributed by atoms with Gasteiger partial charge in [-0.05, 0) is 61.6 Å². The molecule has 0 saturated heterocycles. The van der Waals surface area contributed by atoms with Crippen molar-refractivity contribution in [3.63, 3.8) is 0 Å². The van der Waals surface area contributed by atoms with Gasteiger partial charge in [-0.1, -0.05) is 19.1 Å². The van der Waals surface area contributed by atoms with E-state index in [1.54, 1.807) is 36.4 Å². The molecule has 6 nitrogen and oxygen atoms in total. The Morgan fingerprint density at radius 3 is 1.87 bits per heavy atom. The Morgan fingerprint density at radius 2 is 1.32 bits per heavy atom. The molecule has 0 bridgehead atoms. The molecule has 0 atom stereocenters. The molecule has 0 fully saturated rings. The topological polar surface area (TPSA) is 93.1 Å². The van der Waals surface area contributed by atoms with Gasteiger partial charge in [-0.2, -0.15) is 0 Å². The average molecular weight is 429 g/mol. The maximum Gasteiger partial charge on any atom is 0.161 e. The fourth-order valence-electron chi connectivity index (χ4n) is 3.14. The monoisotopic (exact) mass is 428 g/mol. The number of aryl methyl sites for hydroxylation is 2. The lowest BCUT2D eigenvalue weighted by Crippen LogP contribution is -2.05. The van der Waals surface area contributed by atoms with Gasteiger partial charge in [-0.3, -0.25) is 9.59 Å². The van der Waals surface area contributed by atoms with E-state index in [-0.39, 0.29) is 23.1 Å². The number of ketones is 2. The second-order valence-electron chi connectivity index (χ2n) is 7.42. The van der Waals surface area contributed by atoms with E-state index >= 15 is 0 Å². The van der Waals surface area contributed by atoms with Crippen molar-refractivity contribution in [3.8, 4) is 23.0 Å². The third kappa shape index (κ3) is 8.32. The van der Waals surface area contributed by atoms with Crippen molar-refractivity contribution in [1.82, 2.24) is 0 Å². The minimum absolute atomic E-state index is 0.0503. The van der Waals surface area contributed by atoms with Gasteiger partial charge >= 0.3 is 0 Å². The van der Waals surface area contributed by atoms with Gasteiger partial charge in [0.25, 0.3) is 0 Å². The Kier molecular flexibility index (Phi) is 9.88. The number of hydrogen-bond acceptors (Lipinski definition) is 6. The number of phenolic OH excluding ortho intramolecular Hbond substituents is 2. The first-order valence-electron chi connectivity index (χ1n) is 10.9. The highest BCUT2D eigenvalue weighted by molar-refractivity contribution is 5.78. The van der Waals surface area contributed by atoms with Crippen LogP contribution in [-0.2, 0) is 22.4 Å². The number of hydrogen-bond donors (Lipinski definition) is 2. The highest BCUT2D eigenvalue weighted by atomic mass is 16.5. The van der Waals surface area contributed by atoms with Crippen LogP contribution in [0.1, 0.15) is 57.1 Å². The highest BCUT2D eigenvalue weighted by Crippen LogP contribution is 2.28. The van der Waals surface area contributed by atoms with E-state index in [0.29, 0.717) is 69.7 Å². The number of benzene rings is 2. The van der Waals surface area contributed by atoms with Crippen LogP contribution in [0.25, 0.3) is 0 Å². The molecule has 0 unspecified atom stereocenters. The average Bonchev–Trinajstić information content (AvgIpc) is 2.77. The lowest BCUT2D eigenvalue weighted by atomic mass is 10.0. The third-order valence-corrected chi connectivity index (χ3v) is 4.99. The lowest BCUT2D eigenvalue weighted by molar-refractivity contribution is -0.119. The van der Waals surface area contributed by atoms with Gasteiger partial charge in [-0.25, -0.2) is 0 Å². The van der Waals surface area contributed by atoms with Gasteiger partial charge in [0.2, 0.25) is 0 Å². The Bertz CT molecular complexity index is 874. The van der Waals surface area contributed by atoms with Crippen LogP contribution < -0.4 is 9.47 Å². The summed E-state index contributed by atoms with van der Waals surface area (Å²) < 4.78 is 11.0. The summed E-state index contributed by atoms with van der Waals surface area (Å²) in [5, 5.41) is 19.7. The summed E-state index contributed by atoms with van der Waals surface area (Å²) in [4.78, 5) is 23.7. The zero-order valence-electron chi connectivity index (χ0n) is 18.4. The van der Waals surface area contributed by atoms with E-state index in [4.69, 9.17) is 9.47 Å². The molecule has 2 rings (SSSR count). The number of ether oxygens (including phenoxy) is 2. The maximum atomic E-state index is 12.2. The fraction of sp³-hybridized carbons (Fsp3) is 0.440. The molecule has 2 N–H and O–H groups in total. The summed E-state index contributed by atoms with van der Waals surface area (Å²) in [7, 11) is 0. The fourth-order valence-corrected chi connectivity index (χ4v) is 3.14. The molecule has 31 heavy (non-hydrogen) atoms. The Hall–Kier alpha value is -3.02. The van der Waals surface area contributed by atoms with E-state index in [2.05, 4.69) is 0 Å². The molecule has 6 heteroatoms. The second kappa shape index (κ2) is 12.6. The van der Waals surface area contributed by atoms with Crippen LogP contribution >= 0.6 is 0 Å². The molecule has 0 amide bonds. The predicted octanol–water partition coefficient (Wildman–Crippen LogP) is 4.77. The number of carbonyl (C=O) groups excluding carboxylic acids is 2. The van der Waals surface area contributed by atoms with Crippen molar-refractivity contribution >= 4 is 11.6 Å². The summed E-state index contributed by atoms with van der Waals surface area (Å²) in [6.45, 7) is 4.48.